The Hall–Kier alpha value is -2.44. The highest BCUT2D eigenvalue weighted by molar-refractivity contribution is 5.77. The molecule has 1 amide bonds. The fourth-order valence-corrected chi connectivity index (χ4v) is 2.70. The van der Waals surface area contributed by atoms with Crippen LogP contribution in [0.15, 0.2) is 18.6 Å². The van der Waals surface area contributed by atoms with Gasteiger partial charge < -0.3 is 14.7 Å². The average molecular weight is 288 g/mol. The number of carbonyl (C=O) groups is 1. The van der Waals surface area contributed by atoms with Crippen LogP contribution in [0.2, 0.25) is 0 Å². The quantitative estimate of drug-likeness (QED) is 0.907. The molecule has 0 spiro atoms. The third-order valence-corrected chi connectivity index (χ3v) is 3.87. The second-order valence-electron chi connectivity index (χ2n) is 5.05. The topological polar surface area (TPSA) is 88.4 Å². The molecular formula is C14H16N4O3. The van der Waals surface area contributed by atoms with Crippen molar-refractivity contribution in [1.29, 1.82) is 0 Å². The van der Waals surface area contributed by atoms with E-state index in [1.807, 2.05) is 6.07 Å². The number of amides is 1. The molecule has 1 aliphatic rings. The van der Waals surface area contributed by atoms with Crippen LogP contribution in [0.1, 0.15) is 24.5 Å². The zero-order valence-corrected chi connectivity index (χ0v) is 11.7. The molecule has 0 radical (unpaired) electrons. The number of aromatic nitrogens is 3. The molecule has 0 atom stereocenters. The first-order valence-electron chi connectivity index (χ1n) is 6.81. The van der Waals surface area contributed by atoms with Crippen LogP contribution in [0, 0.1) is 0 Å². The van der Waals surface area contributed by atoms with Gasteiger partial charge in [0.05, 0.1) is 24.5 Å². The van der Waals surface area contributed by atoms with Crippen molar-refractivity contribution in [3.63, 3.8) is 0 Å². The Morgan fingerprint density at radius 3 is 2.76 bits per heavy atom. The number of piperidine rings is 1. The third kappa shape index (κ3) is 2.58. The lowest BCUT2D eigenvalue weighted by molar-refractivity contribution is 0.132. The van der Waals surface area contributed by atoms with Gasteiger partial charge in [-0.15, -0.1) is 0 Å². The second kappa shape index (κ2) is 5.51. The van der Waals surface area contributed by atoms with Gasteiger partial charge in [-0.3, -0.25) is 0 Å². The lowest BCUT2D eigenvalue weighted by Crippen LogP contribution is -2.37. The molecule has 1 N–H and O–H groups in total. The molecule has 0 unspecified atom stereocenters. The molecule has 110 valence electrons. The van der Waals surface area contributed by atoms with Crippen LogP contribution in [0.25, 0.3) is 11.0 Å². The fraction of sp³-hybridized carbons (Fsp3) is 0.429. The Balaban J connectivity index is 1.89. The van der Waals surface area contributed by atoms with Crippen molar-refractivity contribution in [1.82, 2.24) is 19.9 Å². The molecule has 2 aromatic rings. The molecule has 1 saturated heterocycles. The molecule has 0 aromatic carbocycles. The van der Waals surface area contributed by atoms with Gasteiger partial charge in [-0.25, -0.2) is 19.7 Å². The van der Waals surface area contributed by atoms with Crippen LogP contribution in [0.3, 0.4) is 0 Å². The van der Waals surface area contributed by atoms with E-state index in [9.17, 15) is 4.79 Å². The number of nitrogens with zero attached hydrogens (tertiary/aromatic N) is 4. The molecule has 1 aliphatic heterocycles. The normalized spacial score (nSPS) is 16.1. The highest BCUT2D eigenvalue weighted by Gasteiger charge is 2.26. The van der Waals surface area contributed by atoms with Crippen molar-refractivity contribution in [3.8, 4) is 5.75 Å². The van der Waals surface area contributed by atoms with Gasteiger partial charge >= 0.3 is 6.09 Å². The van der Waals surface area contributed by atoms with Crippen LogP contribution in [0.4, 0.5) is 4.79 Å². The van der Waals surface area contributed by atoms with Gasteiger partial charge in [0, 0.05) is 25.1 Å². The van der Waals surface area contributed by atoms with Crippen molar-refractivity contribution < 1.29 is 14.6 Å². The van der Waals surface area contributed by atoms with Crippen molar-refractivity contribution >= 4 is 17.1 Å². The molecule has 7 nitrogen and oxygen atoms in total. The highest BCUT2D eigenvalue weighted by Crippen LogP contribution is 2.30. The van der Waals surface area contributed by atoms with Crippen molar-refractivity contribution in [3.05, 3.63) is 24.3 Å². The van der Waals surface area contributed by atoms with Gasteiger partial charge in [-0.1, -0.05) is 0 Å². The van der Waals surface area contributed by atoms with Crippen LogP contribution in [0.5, 0.6) is 5.75 Å². The van der Waals surface area contributed by atoms with E-state index in [0.29, 0.717) is 18.8 Å². The van der Waals surface area contributed by atoms with Crippen LogP contribution in [-0.4, -0.2) is 51.3 Å². The first-order valence-corrected chi connectivity index (χ1v) is 6.81. The molecule has 3 rings (SSSR count). The predicted octanol–water partition coefficient (Wildman–Crippen LogP) is 1.89. The Kier molecular flexibility index (Phi) is 3.55. The van der Waals surface area contributed by atoms with E-state index in [1.54, 1.807) is 13.3 Å². The fourth-order valence-electron chi connectivity index (χ4n) is 2.70. The van der Waals surface area contributed by atoms with E-state index in [4.69, 9.17) is 9.84 Å². The summed E-state index contributed by atoms with van der Waals surface area (Å²) in [6.45, 7) is 1.06. The van der Waals surface area contributed by atoms with Gasteiger partial charge in [0.2, 0.25) is 0 Å². The second-order valence-corrected chi connectivity index (χ2v) is 5.05. The standard InChI is InChI=1S/C14H16N4O3/c1-21-10-6-11-13(15-7-10)12(17-8-16-11)9-2-4-18(5-3-9)14(19)20/h6-9H,2-5H2,1H3,(H,19,20). The Morgan fingerprint density at radius 2 is 2.10 bits per heavy atom. The summed E-state index contributed by atoms with van der Waals surface area (Å²) in [5.41, 5.74) is 2.42. The van der Waals surface area contributed by atoms with E-state index in [1.165, 1.54) is 11.2 Å². The summed E-state index contributed by atoms with van der Waals surface area (Å²) in [5, 5.41) is 9.00. The number of rotatable bonds is 2. The predicted molar refractivity (Wildman–Crippen MR) is 75.5 cm³/mol. The number of carboxylic acid groups (broad SMARTS) is 1. The number of hydrogen-bond acceptors (Lipinski definition) is 5. The van der Waals surface area contributed by atoms with Gasteiger partial charge in [0.25, 0.3) is 0 Å². The smallest absolute Gasteiger partial charge is 0.407 e. The molecular weight excluding hydrogens is 272 g/mol. The number of likely N-dealkylation sites (tertiary alicyclic amines) is 1. The summed E-state index contributed by atoms with van der Waals surface area (Å²) >= 11 is 0. The van der Waals surface area contributed by atoms with Crippen LogP contribution < -0.4 is 4.74 Å². The van der Waals surface area contributed by atoms with Crippen LogP contribution >= 0.6 is 0 Å². The number of ether oxygens (including phenoxy) is 1. The monoisotopic (exact) mass is 288 g/mol. The Bertz CT molecular complexity index is 668. The minimum Gasteiger partial charge on any atom is -0.495 e. The summed E-state index contributed by atoms with van der Waals surface area (Å²) in [6.07, 6.45) is 3.84. The first-order chi connectivity index (χ1) is 10.2. The summed E-state index contributed by atoms with van der Waals surface area (Å²) in [6, 6.07) is 1.83. The van der Waals surface area contributed by atoms with E-state index >= 15 is 0 Å². The minimum absolute atomic E-state index is 0.215. The maximum atomic E-state index is 11.0. The molecule has 3 heterocycles. The molecule has 2 aromatic heterocycles. The van der Waals surface area contributed by atoms with Crippen LogP contribution in [-0.2, 0) is 0 Å². The molecule has 0 bridgehead atoms. The van der Waals surface area contributed by atoms with Gasteiger partial charge in [-0.2, -0.15) is 0 Å². The van der Waals surface area contributed by atoms with E-state index in [-0.39, 0.29) is 5.92 Å². The van der Waals surface area contributed by atoms with Crippen molar-refractivity contribution in [2.45, 2.75) is 18.8 Å². The molecule has 21 heavy (non-hydrogen) atoms. The Morgan fingerprint density at radius 1 is 1.33 bits per heavy atom. The summed E-state index contributed by atoms with van der Waals surface area (Å²) in [7, 11) is 1.59. The van der Waals surface area contributed by atoms with Gasteiger partial charge in [0.1, 0.15) is 17.6 Å². The zero-order valence-electron chi connectivity index (χ0n) is 11.7. The maximum absolute atomic E-state index is 11.0. The molecule has 0 aliphatic carbocycles. The maximum Gasteiger partial charge on any atom is 0.407 e. The van der Waals surface area contributed by atoms with E-state index < -0.39 is 6.09 Å². The molecule has 0 saturated carbocycles. The summed E-state index contributed by atoms with van der Waals surface area (Å²) < 4.78 is 5.15. The number of hydrogen-bond donors (Lipinski definition) is 1. The van der Waals surface area contributed by atoms with Crippen molar-refractivity contribution in [2.24, 2.45) is 0 Å². The van der Waals surface area contributed by atoms with E-state index in [2.05, 4.69) is 15.0 Å². The first kappa shape index (κ1) is 13.5. The lowest BCUT2D eigenvalue weighted by atomic mass is 9.92. The largest absolute Gasteiger partial charge is 0.495 e. The molecule has 1 fully saturated rings. The summed E-state index contributed by atoms with van der Waals surface area (Å²) in [5.74, 6) is 0.875. The summed E-state index contributed by atoms with van der Waals surface area (Å²) in [4.78, 5) is 25.4. The number of fused-ring (bicyclic) bond motifs is 1. The number of pyridine rings is 1. The number of methoxy groups -OCH3 is 1. The SMILES string of the molecule is COc1cnc2c(C3CCN(C(=O)O)CC3)ncnc2c1. The van der Waals surface area contributed by atoms with Gasteiger partial charge in [-0.05, 0) is 12.8 Å². The Labute approximate surface area is 121 Å². The van der Waals surface area contributed by atoms with E-state index in [0.717, 1.165) is 29.6 Å². The minimum atomic E-state index is -0.858. The van der Waals surface area contributed by atoms with Crippen molar-refractivity contribution in [2.75, 3.05) is 20.2 Å². The molecule has 7 heteroatoms. The van der Waals surface area contributed by atoms with Gasteiger partial charge in [0.15, 0.2) is 0 Å². The average Bonchev–Trinajstić information content (AvgIpc) is 2.53. The lowest BCUT2D eigenvalue weighted by Gasteiger charge is -2.29. The zero-order chi connectivity index (χ0) is 14.8. The third-order valence-electron chi connectivity index (χ3n) is 3.87. The highest BCUT2D eigenvalue weighted by atomic mass is 16.5.